The maximum Gasteiger partial charge on any atom is 0.101 e. The van der Waals surface area contributed by atoms with E-state index in [1.165, 1.54) is 68.9 Å². The molecule has 0 N–H and O–H groups in total. The van der Waals surface area contributed by atoms with Crippen LogP contribution in [0.5, 0.6) is 0 Å². The van der Waals surface area contributed by atoms with E-state index in [1.807, 2.05) is 22.7 Å². The highest BCUT2D eigenvalue weighted by atomic mass is 32.1. The van der Waals surface area contributed by atoms with E-state index in [9.17, 15) is 0 Å². The molecular weight excluding hydrogens is 531 g/mol. The lowest BCUT2D eigenvalue weighted by atomic mass is 10.0. The fourth-order valence-corrected chi connectivity index (χ4v) is 8.63. The van der Waals surface area contributed by atoms with E-state index in [2.05, 4.69) is 132 Å². The molecule has 0 unspecified atom stereocenters. The molecule has 0 saturated carbocycles. The Labute approximate surface area is 239 Å². The zero-order chi connectivity index (χ0) is 25.8. The second-order valence-corrected chi connectivity index (χ2v) is 12.9. The number of thiophene rings is 3. The summed E-state index contributed by atoms with van der Waals surface area (Å²) in [6, 6.07) is 44.6. The van der Waals surface area contributed by atoms with Crippen molar-refractivity contribution in [3.05, 3.63) is 138 Å². The van der Waals surface area contributed by atoms with Crippen LogP contribution in [-0.2, 0) is 6.42 Å². The van der Waals surface area contributed by atoms with Crippen molar-refractivity contribution in [3.63, 3.8) is 0 Å². The molecule has 0 spiro atoms. The molecule has 1 aliphatic rings. The monoisotopic (exact) mass is 553 g/mol. The Morgan fingerprint density at radius 1 is 0.538 bits per heavy atom. The Hall–Kier alpha value is -3.96. The van der Waals surface area contributed by atoms with Gasteiger partial charge in [-0.2, -0.15) is 0 Å². The number of nitrogens with zero attached hydrogens (tertiary/aromatic N) is 1. The van der Waals surface area contributed by atoms with Gasteiger partial charge >= 0.3 is 0 Å². The highest BCUT2D eigenvalue weighted by Gasteiger charge is 2.22. The summed E-state index contributed by atoms with van der Waals surface area (Å²) in [4.78, 5) is 7.74. The van der Waals surface area contributed by atoms with E-state index in [0.29, 0.717) is 0 Å². The summed E-state index contributed by atoms with van der Waals surface area (Å²) in [7, 11) is 0. The van der Waals surface area contributed by atoms with Gasteiger partial charge in [0.25, 0.3) is 0 Å². The zero-order valence-corrected chi connectivity index (χ0v) is 23.5. The normalized spacial score (nSPS) is 12.0. The summed E-state index contributed by atoms with van der Waals surface area (Å²) in [6.07, 6.45) is 0.985. The fraction of sp³-hybridized carbons (Fsp3) is 0.0286. The first kappa shape index (κ1) is 23.0. The lowest BCUT2D eigenvalue weighted by Crippen LogP contribution is -2.09. The molecule has 0 saturated heterocycles. The molecule has 0 radical (unpaired) electrons. The van der Waals surface area contributed by atoms with Crippen LogP contribution < -0.4 is 4.90 Å². The molecule has 3 aromatic heterocycles. The third kappa shape index (κ3) is 3.95. The van der Waals surface area contributed by atoms with Gasteiger partial charge in [0.15, 0.2) is 0 Å². The van der Waals surface area contributed by atoms with Crippen LogP contribution in [0, 0.1) is 0 Å². The molecule has 8 rings (SSSR count). The third-order valence-electron chi connectivity index (χ3n) is 7.47. The smallest absolute Gasteiger partial charge is 0.101 e. The average molecular weight is 554 g/mol. The average Bonchev–Trinajstić information content (AvgIpc) is 3.79. The predicted molar refractivity (Wildman–Crippen MR) is 171 cm³/mol. The topological polar surface area (TPSA) is 3.24 Å². The number of rotatable bonds is 5. The van der Waals surface area contributed by atoms with Crippen LogP contribution in [0.4, 0.5) is 16.4 Å². The fourth-order valence-electron chi connectivity index (χ4n) is 5.66. The van der Waals surface area contributed by atoms with Crippen molar-refractivity contribution < 1.29 is 0 Å². The van der Waals surface area contributed by atoms with Gasteiger partial charge in [-0.15, -0.1) is 34.0 Å². The second kappa shape index (κ2) is 9.35. The maximum atomic E-state index is 2.45. The third-order valence-corrected chi connectivity index (χ3v) is 10.9. The van der Waals surface area contributed by atoms with Crippen LogP contribution >= 0.6 is 34.0 Å². The van der Waals surface area contributed by atoms with Gasteiger partial charge < -0.3 is 4.90 Å². The molecule has 4 heteroatoms. The van der Waals surface area contributed by atoms with Crippen LogP contribution in [0.3, 0.4) is 0 Å². The predicted octanol–water partition coefficient (Wildman–Crippen LogP) is 11.4. The van der Waals surface area contributed by atoms with Gasteiger partial charge in [-0.05, 0) is 88.0 Å². The standard InChI is InChI=1S/C35H23NS3/c1-4-11-29-23(7-1)9-5-12-30(29)36(26-14-15-28-25(22-26)21-24-8-2-3-10-27(24)28)35-19-18-34(39-35)33-17-16-32(38-33)31-13-6-20-37-31/h1-20,22H,21H2. The second-order valence-electron chi connectivity index (χ2n) is 9.79. The minimum atomic E-state index is 0.985. The molecule has 7 aromatic rings. The molecule has 0 aliphatic heterocycles. The molecule has 4 aromatic carbocycles. The number of hydrogen-bond donors (Lipinski definition) is 0. The zero-order valence-electron chi connectivity index (χ0n) is 21.0. The molecule has 0 amide bonds. The summed E-state index contributed by atoms with van der Waals surface area (Å²) in [6.45, 7) is 0. The first-order valence-electron chi connectivity index (χ1n) is 13.0. The number of fused-ring (bicyclic) bond motifs is 4. The van der Waals surface area contributed by atoms with Gasteiger partial charge in [0.05, 0.1) is 5.69 Å². The molecular formula is C35H23NS3. The van der Waals surface area contributed by atoms with E-state index in [1.54, 1.807) is 11.3 Å². The van der Waals surface area contributed by atoms with Gasteiger partial charge in [-0.1, -0.05) is 72.8 Å². The van der Waals surface area contributed by atoms with E-state index < -0.39 is 0 Å². The van der Waals surface area contributed by atoms with Crippen molar-refractivity contribution in [2.75, 3.05) is 4.90 Å². The van der Waals surface area contributed by atoms with E-state index in [0.717, 1.165) is 6.42 Å². The lowest BCUT2D eigenvalue weighted by Gasteiger charge is -2.26. The molecule has 3 heterocycles. The van der Waals surface area contributed by atoms with Crippen LogP contribution in [0.2, 0.25) is 0 Å². The summed E-state index contributed by atoms with van der Waals surface area (Å²) < 4.78 is 0. The summed E-state index contributed by atoms with van der Waals surface area (Å²) in [5, 5.41) is 5.89. The summed E-state index contributed by atoms with van der Waals surface area (Å²) >= 11 is 5.54. The van der Waals surface area contributed by atoms with E-state index in [4.69, 9.17) is 0 Å². The molecule has 186 valence electrons. The largest absolute Gasteiger partial charge is 0.301 e. The molecule has 0 bridgehead atoms. The van der Waals surface area contributed by atoms with Crippen molar-refractivity contribution in [1.82, 2.24) is 0 Å². The highest BCUT2D eigenvalue weighted by molar-refractivity contribution is 7.27. The summed E-state index contributed by atoms with van der Waals surface area (Å²) in [5.74, 6) is 0. The molecule has 39 heavy (non-hydrogen) atoms. The lowest BCUT2D eigenvalue weighted by molar-refractivity contribution is 1.24. The number of anilines is 3. The Kier molecular flexibility index (Phi) is 5.51. The Balaban J connectivity index is 1.26. The number of benzene rings is 4. The van der Waals surface area contributed by atoms with Gasteiger partial charge in [0.1, 0.15) is 5.00 Å². The highest BCUT2D eigenvalue weighted by Crippen LogP contribution is 2.47. The quantitative estimate of drug-likeness (QED) is 0.205. The van der Waals surface area contributed by atoms with Gasteiger partial charge in [0, 0.05) is 30.6 Å². The van der Waals surface area contributed by atoms with Gasteiger partial charge in [-0.3, -0.25) is 0 Å². The van der Waals surface area contributed by atoms with E-state index >= 15 is 0 Å². The summed E-state index contributed by atoms with van der Waals surface area (Å²) in [5.41, 5.74) is 7.96. The van der Waals surface area contributed by atoms with Crippen molar-refractivity contribution >= 4 is 61.2 Å². The first-order chi connectivity index (χ1) is 19.3. The Morgan fingerprint density at radius 3 is 2.23 bits per heavy atom. The number of hydrogen-bond acceptors (Lipinski definition) is 4. The minimum Gasteiger partial charge on any atom is -0.301 e. The molecule has 0 fully saturated rings. The van der Waals surface area contributed by atoms with Crippen LogP contribution in [0.1, 0.15) is 11.1 Å². The Bertz CT molecular complexity index is 1950. The van der Waals surface area contributed by atoms with Gasteiger partial charge in [0.2, 0.25) is 0 Å². The first-order valence-corrected chi connectivity index (χ1v) is 15.6. The minimum absolute atomic E-state index is 0.985. The maximum absolute atomic E-state index is 2.45. The Morgan fingerprint density at radius 2 is 1.31 bits per heavy atom. The van der Waals surface area contributed by atoms with Crippen molar-refractivity contribution in [3.8, 4) is 30.6 Å². The molecule has 1 aliphatic carbocycles. The van der Waals surface area contributed by atoms with Gasteiger partial charge in [-0.25, -0.2) is 0 Å². The van der Waals surface area contributed by atoms with Crippen LogP contribution in [0.15, 0.2) is 127 Å². The van der Waals surface area contributed by atoms with Crippen molar-refractivity contribution in [1.29, 1.82) is 0 Å². The van der Waals surface area contributed by atoms with E-state index in [-0.39, 0.29) is 0 Å². The molecule has 1 nitrogen and oxygen atoms in total. The van der Waals surface area contributed by atoms with Crippen LogP contribution in [0.25, 0.3) is 41.4 Å². The van der Waals surface area contributed by atoms with Crippen molar-refractivity contribution in [2.45, 2.75) is 6.42 Å². The molecule has 0 atom stereocenters. The van der Waals surface area contributed by atoms with Crippen LogP contribution in [-0.4, -0.2) is 0 Å². The SMILES string of the molecule is c1csc(-c2ccc(-c3ccc(N(c4ccc5c(c4)Cc4ccccc4-5)c4cccc5ccccc45)s3)s2)c1. The van der Waals surface area contributed by atoms with Crippen molar-refractivity contribution in [2.24, 2.45) is 0 Å².